The number of carbonyl (C=O) groups is 1. The van der Waals surface area contributed by atoms with Crippen LogP contribution >= 0.6 is 22.7 Å². The SMILES string of the molecule is Cc1cc2scc(CC(=O)NS(=O)(=O)N3CCNCC3)c2s1. The van der Waals surface area contributed by atoms with Gasteiger partial charge in [0.2, 0.25) is 5.91 Å². The van der Waals surface area contributed by atoms with Crippen molar-refractivity contribution >= 4 is 48.2 Å². The Hall–Kier alpha value is -1.00. The van der Waals surface area contributed by atoms with Gasteiger partial charge in [0.1, 0.15) is 0 Å². The zero-order chi connectivity index (χ0) is 15.7. The summed E-state index contributed by atoms with van der Waals surface area (Å²) >= 11 is 3.22. The maximum absolute atomic E-state index is 12.2. The van der Waals surface area contributed by atoms with Gasteiger partial charge in [-0.25, -0.2) is 4.72 Å². The van der Waals surface area contributed by atoms with Crippen molar-refractivity contribution in [2.24, 2.45) is 0 Å². The van der Waals surface area contributed by atoms with Gasteiger partial charge in [0.25, 0.3) is 0 Å². The van der Waals surface area contributed by atoms with Crippen LogP contribution in [0, 0.1) is 6.92 Å². The number of thiophene rings is 2. The largest absolute Gasteiger partial charge is 0.314 e. The van der Waals surface area contributed by atoms with E-state index < -0.39 is 16.1 Å². The zero-order valence-corrected chi connectivity index (χ0v) is 14.5. The van der Waals surface area contributed by atoms with E-state index in [0.29, 0.717) is 26.2 Å². The summed E-state index contributed by atoms with van der Waals surface area (Å²) in [6.07, 6.45) is 0.0886. The minimum Gasteiger partial charge on any atom is -0.314 e. The summed E-state index contributed by atoms with van der Waals surface area (Å²) in [5, 5.41) is 5.01. The third-order valence-corrected chi connectivity index (χ3v) is 7.21. The molecule has 2 aromatic heterocycles. The second kappa shape index (κ2) is 6.25. The van der Waals surface area contributed by atoms with Gasteiger partial charge in [-0.2, -0.15) is 12.7 Å². The molecule has 6 nitrogen and oxygen atoms in total. The number of carbonyl (C=O) groups excluding carboxylic acids is 1. The highest BCUT2D eigenvalue weighted by Crippen LogP contribution is 2.33. The molecule has 0 aliphatic carbocycles. The highest BCUT2D eigenvalue weighted by atomic mass is 32.2. The number of hydrogen-bond donors (Lipinski definition) is 2. The number of nitrogens with one attached hydrogen (secondary N) is 2. The average molecular weight is 359 g/mol. The maximum atomic E-state index is 12.2. The fourth-order valence-corrected chi connectivity index (χ4v) is 5.86. The van der Waals surface area contributed by atoms with E-state index in [1.54, 1.807) is 22.7 Å². The van der Waals surface area contributed by atoms with E-state index in [-0.39, 0.29) is 6.42 Å². The molecule has 3 heterocycles. The van der Waals surface area contributed by atoms with Gasteiger partial charge in [0.05, 0.1) is 6.42 Å². The minimum absolute atomic E-state index is 0.0886. The Kier molecular flexibility index (Phi) is 4.51. The number of rotatable bonds is 4. The van der Waals surface area contributed by atoms with Crippen LogP contribution in [0.3, 0.4) is 0 Å². The normalized spacial score (nSPS) is 17.0. The quantitative estimate of drug-likeness (QED) is 0.856. The number of fused-ring (bicyclic) bond motifs is 1. The van der Waals surface area contributed by atoms with Gasteiger partial charge in [-0.05, 0) is 23.9 Å². The predicted octanol–water partition coefficient (Wildman–Crippen LogP) is 1.08. The fourth-order valence-electron chi connectivity index (χ4n) is 2.41. The first kappa shape index (κ1) is 15.9. The molecule has 1 amide bonds. The number of amides is 1. The van der Waals surface area contributed by atoms with E-state index >= 15 is 0 Å². The van der Waals surface area contributed by atoms with Gasteiger partial charge in [0.15, 0.2) is 0 Å². The third-order valence-electron chi connectivity index (χ3n) is 3.45. The van der Waals surface area contributed by atoms with Crippen LogP contribution in [0.1, 0.15) is 10.4 Å². The molecule has 1 saturated heterocycles. The van der Waals surface area contributed by atoms with E-state index in [0.717, 1.165) is 15.0 Å². The summed E-state index contributed by atoms with van der Waals surface area (Å²) in [5.74, 6) is -0.482. The second-order valence-electron chi connectivity index (χ2n) is 5.17. The Morgan fingerprint density at radius 1 is 1.41 bits per heavy atom. The summed E-state index contributed by atoms with van der Waals surface area (Å²) in [4.78, 5) is 13.3. The molecule has 0 aromatic carbocycles. The Morgan fingerprint density at radius 3 is 2.86 bits per heavy atom. The molecule has 22 heavy (non-hydrogen) atoms. The van der Waals surface area contributed by atoms with Crippen LogP contribution in [0.5, 0.6) is 0 Å². The van der Waals surface area contributed by atoms with E-state index in [4.69, 9.17) is 0 Å². The fraction of sp³-hybridized carbons (Fsp3) is 0.462. The van der Waals surface area contributed by atoms with Crippen molar-refractivity contribution in [1.29, 1.82) is 0 Å². The maximum Gasteiger partial charge on any atom is 0.303 e. The monoisotopic (exact) mass is 359 g/mol. The molecule has 9 heteroatoms. The van der Waals surface area contributed by atoms with Crippen LogP contribution < -0.4 is 10.0 Å². The molecule has 3 rings (SSSR count). The molecule has 2 N–H and O–H groups in total. The first-order chi connectivity index (χ1) is 10.5. The Bertz CT molecular complexity index is 788. The van der Waals surface area contributed by atoms with Gasteiger partial charge in [-0.15, -0.1) is 22.7 Å². The van der Waals surface area contributed by atoms with Crippen LogP contribution in [-0.2, 0) is 21.4 Å². The predicted molar refractivity (Wildman–Crippen MR) is 89.6 cm³/mol. The molecule has 0 saturated carbocycles. The number of hydrogen-bond acceptors (Lipinski definition) is 6. The second-order valence-corrected chi connectivity index (χ2v) is 9.01. The van der Waals surface area contributed by atoms with Crippen molar-refractivity contribution < 1.29 is 13.2 Å². The standard InChI is InChI=1S/C13H17N3O3S3/c1-9-6-11-13(21-9)10(8-20-11)7-12(17)15-22(18,19)16-4-2-14-3-5-16/h6,8,14H,2-5,7H2,1H3,(H,15,17). The van der Waals surface area contributed by atoms with Gasteiger partial charge in [0, 0.05) is 40.5 Å². The molecule has 120 valence electrons. The van der Waals surface area contributed by atoms with Crippen molar-refractivity contribution in [2.75, 3.05) is 26.2 Å². The molecule has 0 unspecified atom stereocenters. The lowest BCUT2D eigenvalue weighted by atomic mass is 10.2. The Morgan fingerprint density at radius 2 is 2.14 bits per heavy atom. The van der Waals surface area contributed by atoms with Crippen molar-refractivity contribution in [1.82, 2.24) is 14.3 Å². The highest BCUT2D eigenvalue weighted by molar-refractivity contribution is 7.87. The lowest BCUT2D eigenvalue weighted by Crippen LogP contribution is -2.51. The Labute approximate surface area is 137 Å². The van der Waals surface area contributed by atoms with E-state index in [9.17, 15) is 13.2 Å². The molecular weight excluding hydrogens is 342 g/mol. The van der Waals surface area contributed by atoms with Crippen LogP contribution in [0.25, 0.3) is 9.40 Å². The summed E-state index contributed by atoms with van der Waals surface area (Å²) < 4.78 is 30.0. The number of aryl methyl sites for hydroxylation is 1. The average Bonchev–Trinajstić information content (AvgIpc) is 3.00. The van der Waals surface area contributed by atoms with Crippen molar-refractivity contribution in [3.8, 4) is 0 Å². The highest BCUT2D eigenvalue weighted by Gasteiger charge is 2.25. The van der Waals surface area contributed by atoms with Crippen LogP contribution in [0.4, 0.5) is 0 Å². The minimum atomic E-state index is -3.73. The molecule has 1 fully saturated rings. The zero-order valence-electron chi connectivity index (χ0n) is 12.1. The summed E-state index contributed by atoms with van der Waals surface area (Å²) in [7, 11) is -3.73. The molecule has 0 radical (unpaired) electrons. The third kappa shape index (κ3) is 3.33. The molecule has 0 spiro atoms. The molecule has 1 aliphatic rings. The van der Waals surface area contributed by atoms with E-state index in [1.807, 2.05) is 12.3 Å². The lowest BCUT2D eigenvalue weighted by Gasteiger charge is -2.26. The topological polar surface area (TPSA) is 78.5 Å². The smallest absolute Gasteiger partial charge is 0.303 e. The van der Waals surface area contributed by atoms with Crippen LogP contribution in [0.2, 0.25) is 0 Å². The number of nitrogens with zero attached hydrogens (tertiary/aromatic N) is 1. The van der Waals surface area contributed by atoms with Crippen molar-refractivity contribution in [3.63, 3.8) is 0 Å². The summed E-state index contributed by atoms with van der Waals surface area (Å²) in [6.45, 7) is 4.00. The molecule has 0 bridgehead atoms. The van der Waals surface area contributed by atoms with Gasteiger partial charge in [-0.3, -0.25) is 4.79 Å². The Balaban J connectivity index is 1.69. The molecular formula is C13H17N3O3S3. The van der Waals surface area contributed by atoms with Gasteiger partial charge in [-0.1, -0.05) is 0 Å². The van der Waals surface area contributed by atoms with E-state index in [1.165, 1.54) is 9.18 Å². The van der Waals surface area contributed by atoms with Crippen molar-refractivity contribution in [2.45, 2.75) is 13.3 Å². The first-order valence-electron chi connectivity index (χ1n) is 6.93. The van der Waals surface area contributed by atoms with Crippen molar-refractivity contribution in [3.05, 3.63) is 21.9 Å². The van der Waals surface area contributed by atoms with Crippen LogP contribution in [-0.4, -0.2) is 44.8 Å². The first-order valence-corrected chi connectivity index (χ1v) is 10.1. The molecule has 0 atom stereocenters. The summed E-state index contributed by atoms with van der Waals surface area (Å²) in [5.41, 5.74) is 0.895. The van der Waals surface area contributed by atoms with Crippen LogP contribution in [0.15, 0.2) is 11.4 Å². The van der Waals surface area contributed by atoms with E-state index in [2.05, 4.69) is 16.1 Å². The van der Waals surface area contributed by atoms with Gasteiger partial charge < -0.3 is 5.32 Å². The lowest BCUT2D eigenvalue weighted by molar-refractivity contribution is -0.118. The molecule has 1 aliphatic heterocycles. The van der Waals surface area contributed by atoms with Gasteiger partial charge >= 0.3 is 10.2 Å². The summed E-state index contributed by atoms with van der Waals surface area (Å²) in [6, 6.07) is 2.09. The molecule has 2 aromatic rings. The number of piperazine rings is 1.